The molecule has 2 atom stereocenters. The van der Waals surface area contributed by atoms with Gasteiger partial charge >= 0.3 is 12.0 Å². The van der Waals surface area contributed by atoms with E-state index in [2.05, 4.69) is 5.32 Å². The standard InChI is InChI=1S/C13H24N2O5S/c1-4-6-13(11(16)17)7-5-8-15(13)12(18)14-10(2)9-21(3,19)20/h10H,4-9H2,1-3H3,(H,14,18)(H,16,17). The fourth-order valence-electron chi connectivity index (χ4n) is 2.96. The van der Waals surface area contributed by atoms with Gasteiger partial charge in [0.1, 0.15) is 15.4 Å². The van der Waals surface area contributed by atoms with Crippen molar-refractivity contribution in [2.75, 3.05) is 18.6 Å². The highest BCUT2D eigenvalue weighted by Gasteiger charge is 2.49. The van der Waals surface area contributed by atoms with Crippen molar-refractivity contribution in [3.8, 4) is 0 Å². The molecule has 1 aliphatic rings. The molecule has 7 nitrogen and oxygen atoms in total. The van der Waals surface area contributed by atoms with Crippen molar-refractivity contribution in [3.63, 3.8) is 0 Å². The first-order valence-electron chi connectivity index (χ1n) is 7.11. The third kappa shape index (κ3) is 4.33. The summed E-state index contributed by atoms with van der Waals surface area (Å²) >= 11 is 0. The number of hydrogen-bond acceptors (Lipinski definition) is 4. The van der Waals surface area contributed by atoms with Gasteiger partial charge in [0.25, 0.3) is 0 Å². The highest BCUT2D eigenvalue weighted by Crippen LogP contribution is 2.34. The quantitative estimate of drug-likeness (QED) is 0.755. The predicted octanol–water partition coefficient (Wildman–Crippen LogP) is 0.848. The average Bonchev–Trinajstić information content (AvgIpc) is 2.71. The largest absolute Gasteiger partial charge is 0.479 e. The van der Waals surface area contributed by atoms with E-state index in [-0.39, 0.29) is 5.75 Å². The average molecular weight is 320 g/mol. The van der Waals surface area contributed by atoms with E-state index in [0.29, 0.717) is 32.2 Å². The second-order valence-corrected chi connectivity index (χ2v) is 7.97. The molecule has 1 heterocycles. The second kappa shape index (κ2) is 6.64. The van der Waals surface area contributed by atoms with E-state index in [9.17, 15) is 23.1 Å². The SMILES string of the molecule is CCCC1(C(=O)O)CCCN1C(=O)NC(C)CS(C)(=O)=O. The minimum atomic E-state index is -3.20. The van der Waals surface area contributed by atoms with Gasteiger partial charge in [-0.05, 0) is 26.2 Å². The van der Waals surface area contributed by atoms with Crippen LogP contribution in [0.4, 0.5) is 4.79 Å². The highest BCUT2D eigenvalue weighted by molar-refractivity contribution is 7.90. The van der Waals surface area contributed by atoms with E-state index < -0.39 is 33.4 Å². The Morgan fingerprint density at radius 2 is 2.05 bits per heavy atom. The maximum atomic E-state index is 12.3. The molecule has 0 aliphatic carbocycles. The fourth-order valence-corrected chi connectivity index (χ4v) is 3.95. The van der Waals surface area contributed by atoms with Gasteiger partial charge in [-0.1, -0.05) is 13.3 Å². The first-order valence-corrected chi connectivity index (χ1v) is 9.17. The number of rotatable bonds is 6. The van der Waals surface area contributed by atoms with E-state index >= 15 is 0 Å². The molecule has 0 aromatic rings. The maximum Gasteiger partial charge on any atom is 0.329 e. The molecule has 0 bridgehead atoms. The molecule has 122 valence electrons. The molecule has 0 aromatic carbocycles. The Bertz CT molecular complexity index is 505. The molecule has 0 radical (unpaired) electrons. The number of amides is 2. The molecule has 2 N–H and O–H groups in total. The predicted molar refractivity (Wildman–Crippen MR) is 78.9 cm³/mol. The first kappa shape index (κ1) is 17.7. The number of carboxylic acids is 1. The third-order valence-electron chi connectivity index (χ3n) is 3.72. The van der Waals surface area contributed by atoms with Crippen LogP contribution in [-0.2, 0) is 14.6 Å². The van der Waals surface area contributed by atoms with Crippen molar-refractivity contribution in [1.29, 1.82) is 0 Å². The lowest BCUT2D eigenvalue weighted by Gasteiger charge is -2.35. The molecule has 1 saturated heterocycles. The van der Waals surface area contributed by atoms with Crippen LogP contribution < -0.4 is 5.32 Å². The summed E-state index contributed by atoms with van der Waals surface area (Å²) in [6, 6.07) is -1.05. The van der Waals surface area contributed by atoms with Crippen molar-refractivity contribution in [1.82, 2.24) is 10.2 Å². The Labute approximate surface area is 125 Å². The topological polar surface area (TPSA) is 104 Å². The van der Waals surface area contributed by atoms with Crippen molar-refractivity contribution in [3.05, 3.63) is 0 Å². The number of nitrogens with zero attached hydrogens (tertiary/aromatic N) is 1. The fraction of sp³-hybridized carbons (Fsp3) is 0.846. The Morgan fingerprint density at radius 3 is 2.52 bits per heavy atom. The van der Waals surface area contributed by atoms with Gasteiger partial charge in [-0.3, -0.25) is 0 Å². The number of nitrogens with one attached hydrogen (secondary N) is 1. The van der Waals surface area contributed by atoms with Crippen LogP contribution in [-0.4, -0.2) is 60.6 Å². The van der Waals surface area contributed by atoms with Crippen molar-refractivity contribution >= 4 is 21.8 Å². The summed E-state index contributed by atoms with van der Waals surface area (Å²) in [5, 5.41) is 12.1. The number of carbonyl (C=O) groups is 2. The van der Waals surface area contributed by atoms with Gasteiger partial charge in [-0.2, -0.15) is 0 Å². The number of likely N-dealkylation sites (tertiary alicyclic amines) is 1. The van der Waals surface area contributed by atoms with Crippen LogP contribution in [0.3, 0.4) is 0 Å². The van der Waals surface area contributed by atoms with Gasteiger partial charge in [0.15, 0.2) is 0 Å². The van der Waals surface area contributed by atoms with E-state index in [1.807, 2.05) is 6.92 Å². The maximum absolute atomic E-state index is 12.3. The zero-order valence-corrected chi connectivity index (χ0v) is 13.6. The van der Waals surface area contributed by atoms with Crippen LogP contribution in [0.5, 0.6) is 0 Å². The van der Waals surface area contributed by atoms with Crippen LogP contribution in [0.2, 0.25) is 0 Å². The van der Waals surface area contributed by atoms with Gasteiger partial charge in [0.2, 0.25) is 0 Å². The minimum absolute atomic E-state index is 0.166. The molecule has 1 aliphatic heterocycles. The molecule has 0 spiro atoms. The molecular formula is C13H24N2O5S. The van der Waals surface area contributed by atoms with Crippen LogP contribution >= 0.6 is 0 Å². The monoisotopic (exact) mass is 320 g/mol. The molecule has 2 amide bonds. The van der Waals surface area contributed by atoms with Gasteiger partial charge in [0, 0.05) is 18.8 Å². The summed E-state index contributed by atoms with van der Waals surface area (Å²) in [5.74, 6) is -1.16. The molecule has 21 heavy (non-hydrogen) atoms. The summed E-state index contributed by atoms with van der Waals surface area (Å²) in [7, 11) is -3.20. The van der Waals surface area contributed by atoms with Crippen molar-refractivity contribution in [2.24, 2.45) is 0 Å². The molecule has 8 heteroatoms. The van der Waals surface area contributed by atoms with Crippen molar-refractivity contribution in [2.45, 2.75) is 51.1 Å². The molecule has 1 rings (SSSR count). The molecule has 2 unspecified atom stereocenters. The van der Waals surface area contributed by atoms with Gasteiger partial charge in [0.05, 0.1) is 5.75 Å². The lowest BCUT2D eigenvalue weighted by molar-refractivity contribution is -0.148. The van der Waals surface area contributed by atoms with Gasteiger partial charge in [-0.15, -0.1) is 0 Å². The van der Waals surface area contributed by atoms with E-state index in [1.165, 1.54) is 4.90 Å². The van der Waals surface area contributed by atoms with Crippen LogP contribution in [0.1, 0.15) is 39.5 Å². The second-order valence-electron chi connectivity index (χ2n) is 5.78. The van der Waals surface area contributed by atoms with E-state index in [4.69, 9.17) is 0 Å². The summed E-state index contributed by atoms with van der Waals surface area (Å²) in [6.45, 7) is 3.85. The summed E-state index contributed by atoms with van der Waals surface area (Å²) in [6.07, 6.45) is 3.24. The summed E-state index contributed by atoms with van der Waals surface area (Å²) < 4.78 is 22.4. The smallest absolute Gasteiger partial charge is 0.329 e. The van der Waals surface area contributed by atoms with E-state index in [0.717, 1.165) is 6.26 Å². The number of carbonyl (C=O) groups excluding carboxylic acids is 1. The summed E-state index contributed by atoms with van der Waals surface area (Å²) in [5.41, 5.74) is -1.16. The number of sulfone groups is 1. The van der Waals surface area contributed by atoms with Crippen LogP contribution in [0, 0.1) is 0 Å². The summed E-state index contributed by atoms with van der Waals surface area (Å²) in [4.78, 5) is 25.3. The van der Waals surface area contributed by atoms with Gasteiger partial charge in [-0.25, -0.2) is 18.0 Å². The van der Waals surface area contributed by atoms with Crippen LogP contribution in [0.25, 0.3) is 0 Å². The van der Waals surface area contributed by atoms with E-state index in [1.54, 1.807) is 6.92 Å². The number of aliphatic carboxylic acids is 1. The molecule has 0 saturated carbocycles. The molecule has 0 aromatic heterocycles. The lowest BCUT2D eigenvalue weighted by Crippen LogP contribution is -2.57. The number of carboxylic acid groups (broad SMARTS) is 1. The lowest BCUT2D eigenvalue weighted by atomic mass is 9.91. The Balaban J connectivity index is 2.82. The number of hydrogen-bond donors (Lipinski definition) is 2. The minimum Gasteiger partial charge on any atom is -0.479 e. The normalized spacial score (nSPS) is 23.9. The Hall–Kier alpha value is -1.31. The Kier molecular flexibility index (Phi) is 5.61. The third-order valence-corrected chi connectivity index (χ3v) is 4.82. The molecule has 1 fully saturated rings. The first-order chi connectivity index (χ1) is 9.62. The molecular weight excluding hydrogens is 296 g/mol. The Morgan fingerprint density at radius 1 is 1.43 bits per heavy atom. The zero-order valence-electron chi connectivity index (χ0n) is 12.8. The van der Waals surface area contributed by atoms with Gasteiger partial charge < -0.3 is 15.3 Å². The number of urea groups is 1. The van der Waals surface area contributed by atoms with Crippen molar-refractivity contribution < 1.29 is 23.1 Å². The van der Waals surface area contributed by atoms with Crippen LogP contribution in [0.15, 0.2) is 0 Å². The highest BCUT2D eigenvalue weighted by atomic mass is 32.2. The zero-order chi connectivity index (χ0) is 16.3.